The topological polar surface area (TPSA) is 58.1 Å². The number of benzene rings is 1. The number of carbonyl (C=O) groups excluding carboxylic acids is 1. The van der Waals surface area contributed by atoms with Crippen molar-refractivity contribution in [2.45, 2.75) is 43.8 Å². The highest BCUT2D eigenvalue weighted by molar-refractivity contribution is 6.64. The van der Waals surface area contributed by atoms with E-state index in [1.807, 2.05) is 90.9 Å². The molecule has 196 valence electrons. The summed E-state index contributed by atoms with van der Waals surface area (Å²) in [5, 5.41) is -1.86. The van der Waals surface area contributed by atoms with Gasteiger partial charge in [-0.25, -0.2) is 18.7 Å². The molecule has 0 unspecified atom stereocenters. The molecule has 0 bridgehead atoms. The van der Waals surface area contributed by atoms with E-state index in [-0.39, 0.29) is 28.2 Å². The van der Waals surface area contributed by atoms with Crippen LogP contribution in [0.15, 0.2) is 30.6 Å². The van der Waals surface area contributed by atoms with Crippen molar-refractivity contribution in [2.75, 3.05) is 0 Å². The number of alkyl halides is 1. The van der Waals surface area contributed by atoms with Gasteiger partial charge in [-0.2, -0.15) is 0 Å². The molecule has 1 aliphatic rings. The zero-order valence-corrected chi connectivity index (χ0v) is 27.2. The number of carbonyl (C=O) groups is 1. The summed E-state index contributed by atoms with van der Waals surface area (Å²) in [6.45, 7) is 0.285. The van der Waals surface area contributed by atoms with E-state index in [1.165, 1.54) is 18.2 Å². The SMILES string of the molecule is BC(B)(B)c1cnc(CNC(B)(B)C2(F)C(B)(B)C(B)(B)N(C(=O)c3ccc(F)c(Cl)c3)C(B)(B)C2(B)B)nc1. The zero-order valence-electron chi connectivity index (χ0n) is 26.5. The predicted octanol–water partition coefficient (Wildman–Crippen LogP) is -10.2. The van der Waals surface area contributed by atoms with Crippen LogP contribution in [0.3, 0.4) is 0 Å². The average Bonchev–Trinajstić information content (AvgIpc) is 2.82. The third kappa shape index (κ3) is 4.81. The van der Waals surface area contributed by atoms with Crippen molar-refractivity contribution in [3.8, 4) is 0 Å². The molecular formula is C19H34B13ClF2N4O. The quantitative estimate of drug-likeness (QED) is 0.365. The molecule has 40 heavy (non-hydrogen) atoms. The molecule has 5 nitrogen and oxygen atoms in total. The van der Waals surface area contributed by atoms with Gasteiger partial charge in [-0.3, -0.25) is 4.79 Å². The van der Waals surface area contributed by atoms with Crippen LogP contribution in [0.2, 0.25) is 15.5 Å². The monoisotopic (exact) mass is 550 g/mol. The molecule has 0 aliphatic carbocycles. The number of rotatable bonds is 6. The average molecular weight is 549 g/mol. The fraction of sp³-hybridized carbons (Fsp3) is 0.421. The van der Waals surface area contributed by atoms with Gasteiger partial charge in [-0.15, -0.1) is 0 Å². The van der Waals surface area contributed by atoms with Gasteiger partial charge in [0, 0.05) is 18.0 Å². The van der Waals surface area contributed by atoms with Crippen molar-refractivity contribution in [3.05, 3.63) is 58.4 Å². The van der Waals surface area contributed by atoms with Crippen LogP contribution < -0.4 is 5.32 Å². The molecule has 1 saturated heterocycles. The Morgan fingerprint density at radius 1 is 0.925 bits per heavy atom. The van der Waals surface area contributed by atoms with Gasteiger partial charge in [-0.05, 0) is 50.2 Å². The first-order valence-corrected chi connectivity index (χ1v) is 14.3. The molecule has 1 amide bonds. The van der Waals surface area contributed by atoms with Crippen LogP contribution in [0, 0.1) is 5.82 Å². The van der Waals surface area contributed by atoms with E-state index in [0.717, 1.165) is 5.56 Å². The Kier molecular flexibility index (Phi) is 8.45. The van der Waals surface area contributed by atoms with Gasteiger partial charge < -0.3 is 10.2 Å². The Morgan fingerprint density at radius 2 is 1.40 bits per heavy atom. The Bertz CT molecular complexity index is 1280. The summed E-state index contributed by atoms with van der Waals surface area (Å²) >= 11 is 6.05. The fourth-order valence-corrected chi connectivity index (χ4v) is 7.15. The zero-order chi connectivity index (χ0) is 30.9. The fourth-order valence-electron chi connectivity index (χ4n) is 6.97. The van der Waals surface area contributed by atoms with Crippen LogP contribution in [0.25, 0.3) is 0 Å². The van der Waals surface area contributed by atoms with Crippen LogP contribution in [0.5, 0.6) is 0 Å². The maximum Gasteiger partial charge on any atom is 0.252 e. The van der Waals surface area contributed by atoms with E-state index in [1.54, 1.807) is 4.90 Å². The first-order valence-electron chi connectivity index (χ1n) is 13.9. The highest BCUT2D eigenvalue weighted by atomic mass is 35.5. The molecule has 0 saturated carbocycles. The first-order chi connectivity index (χ1) is 17.9. The summed E-state index contributed by atoms with van der Waals surface area (Å²) in [6.07, 6.45) is 3.66. The van der Waals surface area contributed by atoms with E-state index in [4.69, 9.17) is 11.6 Å². The second-order valence-electron chi connectivity index (χ2n) is 14.9. The normalized spacial score (nSPS) is 20.9. The molecule has 1 N–H and O–H groups in total. The second-order valence-corrected chi connectivity index (χ2v) is 15.3. The van der Waals surface area contributed by atoms with E-state index in [0.29, 0.717) is 5.82 Å². The summed E-state index contributed by atoms with van der Waals surface area (Å²) in [5.41, 5.74) is -0.552. The number of likely N-dealkylation sites (tertiary alicyclic amines) is 1. The Balaban J connectivity index is 2.08. The number of halogens is 3. The third-order valence-electron chi connectivity index (χ3n) is 10.4. The summed E-state index contributed by atoms with van der Waals surface area (Å²) < 4.78 is 32.4. The number of nitrogens with zero attached hydrogens (tertiary/aromatic N) is 3. The highest BCUT2D eigenvalue weighted by Crippen LogP contribution is 2.67. The molecule has 3 rings (SSSR count). The molecule has 1 aliphatic heterocycles. The van der Waals surface area contributed by atoms with E-state index < -0.39 is 37.9 Å². The lowest BCUT2D eigenvalue weighted by Gasteiger charge is -2.77. The van der Waals surface area contributed by atoms with Gasteiger partial charge >= 0.3 is 0 Å². The maximum absolute atomic E-state index is 18.5. The van der Waals surface area contributed by atoms with Gasteiger partial charge in [0.1, 0.15) is 90.1 Å². The number of amides is 1. The lowest BCUT2D eigenvalue weighted by molar-refractivity contribution is -0.0348. The number of piperidine rings is 1. The number of hydrogen-bond acceptors (Lipinski definition) is 4. The predicted molar refractivity (Wildman–Crippen MR) is 197 cm³/mol. The number of aromatic nitrogens is 2. The van der Waals surface area contributed by atoms with Gasteiger partial charge in [0.2, 0.25) is 0 Å². The van der Waals surface area contributed by atoms with Crippen molar-refractivity contribution in [1.82, 2.24) is 20.2 Å². The molecule has 1 aromatic heterocycles. The Hall–Kier alpha value is -1.28. The van der Waals surface area contributed by atoms with Crippen molar-refractivity contribution >= 4 is 120 Å². The highest BCUT2D eigenvalue weighted by Gasteiger charge is 2.75. The Labute approximate surface area is 254 Å². The molecule has 21 heteroatoms. The molecule has 2 aromatic rings. The first kappa shape index (κ1) is 33.2. The minimum Gasteiger partial charge on any atom is -0.361 e. The largest absolute Gasteiger partial charge is 0.361 e. The van der Waals surface area contributed by atoms with Crippen LogP contribution in [0.1, 0.15) is 21.7 Å². The summed E-state index contributed by atoms with van der Waals surface area (Å²) in [4.78, 5) is 25.0. The second kappa shape index (κ2) is 10.2. The van der Waals surface area contributed by atoms with Crippen LogP contribution in [-0.4, -0.2) is 144 Å². The van der Waals surface area contributed by atoms with Gasteiger partial charge in [0.25, 0.3) is 5.91 Å². The molecule has 1 fully saturated rings. The molecular weight excluding hydrogens is 514 g/mol. The molecule has 0 atom stereocenters. The third-order valence-corrected chi connectivity index (χ3v) is 10.7. The molecule has 0 spiro atoms. The number of hydrogen-bond donors (Lipinski definition) is 1. The van der Waals surface area contributed by atoms with Crippen LogP contribution in [-0.2, 0) is 11.7 Å². The minimum absolute atomic E-state index is 0.0654. The van der Waals surface area contributed by atoms with Crippen LogP contribution in [0.4, 0.5) is 8.78 Å². The molecule has 1 aromatic carbocycles. The Morgan fingerprint density at radius 3 is 1.82 bits per heavy atom. The smallest absolute Gasteiger partial charge is 0.252 e. The van der Waals surface area contributed by atoms with Gasteiger partial charge in [0.05, 0.1) is 40.8 Å². The van der Waals surface area contributed by atoms with E-state index in [2.05, 4.69) is 38.8 Å². The molecule has 0 radical (unpaired) electrons. The standard InChI is InChI=1S/C19H34B13ClF2N4O/c20-13(21,22)8-4-36-11(37-5-8)6-38-17(27,28)14(35)15(23,24)18(29,30)39(19(31,32)16(14,25)26)12(40)7-1-2-10(34)9(33)3-7/h1-5,38H,6,20-32H2. The lowest BCUT2D eigenvalue weighted by atomic mass is 9.11. The van der Waals surface area contributed by atoms with Crippen molar-refractivity contribution in [1.29, 1.82) is 0 Å². The minimum atomic E-state index is -1.84. The van der Waals surface area contributed by atoms with E-state index in [9.17, 15) is 9.18 Å². The van der Waals surface area contributed by atoms with Crippen molar-refractivity contribution in [2.24, 2.45) is 0 Å². The van der Waals surface area contributed by atoms with Crippen LogP contribution >= 0.6 is 11.6 Å². The van der Waals surface area contributed by atoms with E-state index >= 15 is 4.39 Å². The van der Waals surface area contributed by atoms with Gasteiger partial charge in [0.15, 0.2) is 0 Å². The summed E-state index contributed by atoms with van der Waals surface area (Å²) in [7, 11) is 25.3. The molecule has 2 heterocycles. The lowest BCUT2D eigenvalue weighted by Crippen LogP contribution is -2.89. The summed E-state index contributed by atoms with van der Waals surface area (Å²) in [5.74, 6) is -0.332. The summed E-state index contributed by atoms with van der Waals surface area (Å²) in [6, 6.07) is 3.97. The number of nitrogens with one attached hydrogen (secondary N) is 1. The maximum atomic E-state index is 18.5. The van der Waals surface area contributed by atoms with Gasteiger partial charge in [-0.1, -0.05) is 16.7 Å². The van der Waals surface area contributed by atoms with Crippen molar-refractivity contribution < 1.29 is 13.6 Å². The van der Waals surface area contributed by atoms with Crippen molar-refractivity contribution in [3.63, 3.8) is 0 Å².